The molecule has 1 amide bonds. The van der Waals surface area contributed by atoms with Crippen LogP contribution in [0.3, 0.4) is 0 Å². The molecule has 0 aliphatic carbocycles. The molecule has 1 aliphatic heterocycles. The van der Waals surface area contributed by atoms with Gasteiger partial charge >= 0.3 is 6.36 Å². The molecule has 6 nitrogen and oxygen atoms in total. The summed E-state index contributed by atoms with van der Waals surface area (Å²) >= 11 is 0. The van der Waals surface area contributed by atoms with Crippen molar-refractivity contribution in [2.24, 2.45) is 7.05 Å². The first-order valence-corrected chi connectivity index (χ1v) is 9.84. The Hall–Kier alpha value is -4.02. The summed E-state index contributed by atoms with van der Waals surface area (Å²) in [6, 6.07) is 6.99. The summed E-state index contributed by atoms with van der Waals surface area (Å²) in [5.74, 6) is -3.46. The number of hydrogen-bond donors (Lipinski definition) is 0. The quantitative estimate of drug-likeness (QED) is 0.391. The Bertz CT molecular complexity index is 1510. The topological polar surface area (TPSA) is 60.3 Å². The molecule has 34 heavy (non-hydrogen) atoms. The Balaban J connectivity index is 1.53. The molecule has 0 bridgehead atoms. The van der Waals surface area contributed by atoms with Crippen molar-refractivity contribution in [3.05, 3.63) is 77.2 Å². The van der Waals surface area contributed by atoms with Gasteiger partial charge < -0.3 is 9.64 Å². The number of aryl methyl sites for hydroxylation is 1. The lowest BCUT2D eigenvalue weighted by atomic mass is 9.99. The Labute approximate surface area is 192 Å². The van der Waals surface area contributed by atoms with E-state index in [1.54, 1.807) is 0 Å². The van der Waals surface area contributed by atoms with Crippen LogP contribution in [-0.4, -0.2) is 31.9 Å². The third-order valence-electron chi connectivity index (χ3n) is 5.27. The molecular weight excluding hydrogens is 459 g/mol. The van der Waals surface area contributed by atoms with Crippen LogP contribution in [0.1, 0.15) is 24.4 Å². The second-order valence-corrected chi connectivity index (χ2v) is 7.55. The van der Waals surface area contributed by atoms with Gasteiger partial charge in [0.05, 0.1) is 27.0 Å². The molecule has 0 fully saturated rings. The Morgan fingerprint density at radius 1 is 1.15 bits per heavy atom. The first-order chi connectivity index (χ1) is 16.9. The van der Waals surface area contributed by atoms with Crippen LogP contribution < -0.4 is 4.74 Å². The Kier molecular flexibility index (Phi) is 4.45. The molecule has 0 radical (unpaired) electrons. The maximum absolute atomic E-state index is 15.2. The second kappa shape index (κ2) is 7.79. The summed E-state index contributed by atoms with van der Waals surface area (Å²) in [5.41, 5.74) is -0.651. The van der Waals surface area contributed by atoms with Gasteiger partial charge in [-0.05, 0) is 47.5 Å². The normalized spacial score (nSPS) is 15.9. The van der Waals surface area contributed by atoms with Gasteiger partial charge in [-0.15, -0.1) is 13.2 Å². The van der Waals surface area contributed by atoms with Gasteiger partial charge in [-0.3, -0.25) is 14.5 Å². The number of ether oxygens (including phenoxy) is 1. The fourth-order valence-electron chi connectivity index (χ4n) is 3.82. The van der Waals surface area contributed by atoms with Crippen LogP contribution in [0, 0.1) is 11.6 Å². The van der Waals surface area contributed by atoms with Crippen molar-refractivity contribution < 1.29 is 34.2 Å². The number of halogens is 5. The number of rotatable bonds is 4. The zero-order valence-electron chi connectivity index (χ0n) is 19.3. The molecular formula is C23H15F5N4O2. The van der Waals surface area contributed by atoms with E-state index in [4.69, 9.17) is 2.74 Å². The van der Waals surface area contributed by atoms with Gasteiger partial charge in [0, 0.05) is 30.4 Å². The number of nitrogens with zero attached hydrogens (tertiary/aromatic N) is 4. The van der Waals surface area contributed by atoms with E-state index in [0.29, 0.717) is 4.90 Å². The number of amides is 1. The van der Waals surface area contributed by atoms with Crippen molar-refractivity contribution in [2.75, 3.05) is 0 Å². The van der Waals surface area contributed by atoms with Crippen molar-refractivity contribution in [3.63, 3.8) is 0 Å². The number of alkyl halides is 3. The molecule has 0 saturated heterocycles. The number of hydrogen-bond acceptors (Lipinski definition) is 4. The molecule has 0 unspecified atom stereocenters. The van der Waals surface area contributed by atoms with Crippen molar-refractivity contribution in [2.45, 2.75) is 19.4 Å². The van der Waals surface area contributed by atoms with Crippen LogP contribution in [0.2, 0.25) is 0 Å². The van der Waals surface area contributed by atoms with Crippen LogP contribution in [0.4, 0.5) is 22.0 Å². The lowest BCUT2D eigenvalue weighted by Crippen LogP contribution is -2.24. The van der Waals surface area contributed by atoms with Gasteiger partial charge in [-0.25, -0.2) is 8.78 Å². The van der Waals surface area contributed by atoms with E-state index in [1.165, 1.54) is 42.3 Å². The van der Waals surface area contributed by atoms with Crippen molar-refractivity contribution in [3.8, 4) is 16.9 Å². The summed E-state index contributed by atoms with van der Waals surface area (Å²) in [6.07, 6.45) is -2.26. The molecule has 0 N–H and O–H groups in total. The average Bonchev–Trinajstić information content (AvgIpc) is 3.26. The predicted molar refractivity (Wildman–Crippen MR) is 111 cm³/mol. The molecule has 0 saturated carbocycles. The van der Waals surface area contributed by atoms with E-state index in [2.05, 4.69) is 14.8 Å². The highest BCUT2D eigenvalue weighted by Crippen LogP contribution is 2.37. The van der Waals surface area contributed by atoms with Crippen LogP contribution in [0.25, 0.3) is 22.0 Å². The highest BCUT2D eigenvalue weighted by molar-refractivity contribution is 5.98. The molecule has 11 heteroatoms. The molecule has 3 heterocycles. The van der Waals surface area contributed by atoms with Gasteiger partial charge in [-0.2, -0.15) is 5.10 Å². The van der Waals surface area contributed by atoms with E-state index < -0.39 is 48.3 Å². The maximum Gasteiger partial charge on any atom is 0.573 e. The zero-order chi connectivity index (χ0) is 26.0. The van der Waals surface area contributed by atoms with Gasteiger partial charge in [-0.1, -0.05) is 0 Å². The van der Waals surface area contributed by atoms with Crippen LogP contribution in [0.15, 0.2) is 48.8 Å². The fraction of sp³-hybridized carbons (Fsp3) is 0.174. The Morgan fingerprint density at radius 3 is 2.56 bits per heavy atom. The number of carbonyl (C=O) groups excluding carboxylic acids is 1. The predicted octanol–water partition coefficient (Wildman–Crippen LogP) is 4.97. The first-order valence-electron chi connectivity index (χ1n) is 10.8. The van der Waals surface area contributed by atoms with Gasteiger partial charge in [0.15, 0.2) is 5.75 Å². The molecule has 174 valence electrons. The molecule has 2 aromatic carbocycles. The summed E-state index contributed by atoms with van der Waals surface area (Å²) in [4.78, 5) is 17.3. The number of pyridine rings is 1. The number of benzene rings is 2. The van der Waals surface area contributed by atoms with E-state index in [0.717, 1.165) is 18.2 Å². The van der Waals surface area contributed by atoms with E-state index in [1.807, 2.05) is 0 Å². The smallest absolute Gasteiger partial charge is 0.403 e. The van der Waals surface area contributed by atoms with E-state index in [9.17, 15) is 18.0 Å². The molecule has 0 atom stereocenters. The molecule has 2 aromatic heterocycles. The maximum atomic E-state index is 15.2. The number of aromatic nitrogens is 3. The van der Waals surface area contributed by atoms with Crippen LogP contribution in [0.5, 0.6) is 5.75 Å². The summed E-state index contributed by atoms with van der Waals surface area (Å²) in [6.45, 7) is -3.10. The molecule has 1 aliphatic rings. The number of carbonyl (C=O) groups is 1. The van der Waals surface area contributed by atoms with Crippen LogP contribution >= 0.6 is 0 Å². The zero-order valence-corrected chi connectivity index (χ0v) is 17.3. The third kappa shape index (κ3) is 3.82. The largest absolute Gasteiger partial charge is 0.573 e. The molecule has 0 spiro atoms. The number of fused-ring (bicyclic) bond motifs is 2. The minimum Gasteiger partial charge on any atom is -0.403 e. The monoisotopic (exact) mass is 476 g/mol. The average molecular weight is 476 g/mol. The summed E-state index contributed by atoms with van der Waals surface area (Å²) in [7, 11) is 1.47. The minimum atomic E-state index is -4.96. The lowest BCUT2D eigenvalue weighted by Gasteiger charge is -2.17. The van der Waals surface area contributed by atoms with E-state index in [-0.39, 0.29) is 33.3 Å². The summed E-state index contributed by atoms with van der Waals surface area (Å²) in [5, 5.41) is 4.14. The SMILES string of the molecule is [2H]C1([2H])c2ncccc2C(=O)N1Cc1c(F)cc(-c2ccc(OC(F)(F)F)c3nn(C)cc23)cc1F. The van der Waals surface area contributed by atoms with Gasteiger partial charge in [0.2, 0.25) is 0 Å². The molecule has 4 aromatic rings. The molecule has 5 rings (SSSR count). The van der Waals surface area contributed by atoms with Crippen molar-refractivity contribution in [1.29, 1.82) is 0 Å². The Morgan fingerprint density at radius 2 is 1.88 bits per heavy atom. The second-order valence-electron chi connectivity index (χ2n) is 7.55. The van der Waals surface area contributed by atoms with Crippen molar-refractivity contribution in [1.82, 2.24) is 19.7 Å². The first kappa shape index (κ1) is 19.4. The van der Waals surface area contributed by atoms with Gasteiger partial charge in [0.25, 0.3) is 5.91 Å². The lowest BCUT2D eigenvalue weighted by molar-refractivity contribution is -0.274. The van der Waals surface area contributed by atoms with Crippen molar-refractivity contribution >= 4 is 16.8 Å². The van der Waals surface area contributed by atoms with Crippen LogP contribution in [-0.2, 0) is 20.1 Å². The van der Waals surface area contributed by atoms with E-state index >= 15 is 8.78 Å². The standard InChI is InChI=1S/C23H15F5N4O2/c1-31-9-15-13(4-5-20(21(15)30-31)34-23(26,27)28)12-7-17(24)16(18(25)8-12)10-32-11-19-14(22(32)33)3-2-6-29-19/h2-9H,10-11H2,1H3/i11D2. The third-order valence-corrected chi connectivity index (χ3v) is 5.27. The fourth-order valence-corrected chi connectivity index (χ4v) is 3.82. The minimum absolute atomic E-state index is 0.0000665. The highest BCUT2D eigenvalue weighted by atomic mass is 19.4. The highest BCUT2D eigenvalue weighted by Gasteiger charge is 2.33. The van der Waals surface area contributed by atoms with Gasteiger partial charge in [0.1, 0.15) is 17.2 Å². The summed E-state index contributed by atoms with van der Waals surface area (Å²) < 4.78 is 90.4.